The van der Waals surface area contributed by atoms with Crippen molar-refractivity contribution >= 4 is 17.6 Å². The number of hydrogen-bond acceptors (Lipinski definition) is 3. The molecular weight excluding hydrogens is 206 g/mol. The Morgan fingerprint density at radius 2 is 2.21 bits per heavy atom. The molecule has 0 radical (unpaired) electrons. The van der Waals surface area contributed by atoms with Crippen LogP contribution >= 0.6 is 11.6 Å². The van der Waals surface area contributed by atoms with E-state index in [-0.39, 0.29) is 17.2 Å². The molecule has 14 heavy (non-hydrogen) atoms. The van der Waals surface area contributed by atoms with Crippen molar-refractivity contribution in [1.29, 1.82) is 0 Å². The summed E-state index contributed by atoms with van der Waals surface area (Å²) >= 11 is 5.58. The molecular formula is C9H10ClNO3. The number of phenols is 1. The van der Waals surface area contributed by atoms with Crippen LogP contribution in [0.25, 0.3) is 0 Å². The summed E-state index contributed by atoms with van der Waals surface area (Å²) in [6.45, 7) is 0. The lowest BCUT2D eigenvalue weighted by Gasteiger charge is -2.09. The summed E-state index contributed by atoms with van der Waals surface area (Å²) in [5.41, 5.74) is 6.13. The van der Waals surface area contributed by atoms with E-state index in [0.29, 0.717) is 5.56 Å². The summed E-state index contributed by atoms with van der Waals surface area (Å²) in [5.74, 6) is -1.07. The van der Waals surface area contributed by atoms with Crippen LogP contribution in [0.3, 0.4) is 0 Å². The molecule has 0 saturated carbocycles. The molecule has 0 aliphatic rings. The lowest BCUT2D eigenvalue weighted by Crippen LogP contribution is -2.14. The maximum Gasteiger partial charge on any atom is 0.305 e. The molecule has 0 spiro atoms. The molecule has 5 heteroatoms. The number of phenolic OH excluding ortho intramolecular Hbond substituents is 1. The fraction of sp³-hybridized carbons (Fsp3) is 0.222. The van der Waals surface area contributed by atoms with Gasteiger partial charge in [-0.1, -0.05) is 17.7 Å². The quantitative estimate of drug-likeness (QED) is 0.714. The summed E-state index contributed by atoms with van der Waals surface area (Å²) in [7, 11) is 0. The Morgan fingerprint density at radius 1 is 1.57 bits per heavy atom. The van der Waals surface area contributed by atoms with Crippen molar-refractivity contribution in [2.75, 3.05) is 0 Å². The van der Waals surface area contributed by atoms with E-state index in [9.17, 15) is 9.90 Å². The van der Waals surface area contributed by atoms with E-state index in [0.717, 1.165) is 0 Å². The molecule has 0 aliphatic heterocycles. The molecule has 1 aromatic carbocycles. The summed E-state index contributed by atoms with van der Waals surface area (Å²) in [6.07, 6.45) is -0.179. The third kappa shape index (κ3) is 2.61. The molecule has 0 bridgehead atoms. The molecule has 1 atom stereocenters. The Balaban J connectivity index is 2.85. The van der Waals surface area contributed by atoms with Crippen LogP contribution in [0.1, 0.15) is 18.0 Å². The highest BCUT2D eigenvalue weighted by Gasteiger charge is 2.11. The van der Waals surface area contributed by atoms with Crippen molar-refractivity contribution < 1.29 is 15.0 Å². The van der Waals surface area contributed by atoms with Gasteiger partial charge in [-0.05, 0) is 17.7 Å². The van der Waals surface area contributed by atoms with Crippen molar-refractivity contribution in [1.82, 2.24) is 0 Å². The molecule has 1 unspecified atom stereocenters. The van der Waals surface area contributed by atoms with E-state index >= 15 is 0 Å². The zero-order valence-electron chi connectivity index (χ0n) is 7.27. The van der Waals surface area contributed by atoms with Crippen LogP contribution in [-0.2, 0) is 4.79 Å². The molecule has 1 aromatic rings. The number of hydrogen-bond donors (Lipinski definition) is 3. The average Bonchev–Trinajstić information content (AvgIpc) is 2.08. The maximum absolute atomic E-state index is 10.4. The maximum atomic E-state index is 10.4. The third-order valence-electron chi connectivity index (χ3n) is 1.79. The predicted octanol–water partition coefficient (Wildman–Crippen LogP) is 1.52. The second-order valence-corrected chi connectivity index (χ2v) is 3.32. The molecule has 0 amide bonds. The minimum atomic E-state index is -0.980. The van der Waals surface area contributed by atoms with Gasteiger partial charge in [0.05, 0.1) is 11.4 Å². The summed E-state index contributed by atoms with van der Waals surface area (Å²) in [4.78, 5) is 10.4. The smallest absolute Gasteiger partial charge is 0.305 e. The Morgan fingerprint density at radius 3 is 2.71 bits per heavy atom. The van der Waals surface area contributed by atoms with Crippen LogP contribution in [0.2, 0.25) is 5.02 Å². The first-order chi connectivity index (χ1) is 6.50. The second kappa shape index (κ2) is 4.30. The van der Waals surface area contributed by atoms with Gasteiger partial charge in [-0.15, -0.1) is 0 Å². The first kappa shape index (κ1) is 10.8. The Hall–Kier alpha value is -1.26. The van der Waals surface area contributed by atoms with Gasteiger partial charge in [0.25, 0.3) is 0 Å². The van der Waals surface area contributed by atoms with Gasteiger partial charge in [0.1, 0.15) is 5.75 Å². The number of halogens is 1. The molecule has 0 fully saturated rings. The number of nitrogens with two attached hydrogens (primary N) is 1. The van der Waals surface area contributed by atoms with Crippen molar-refractivity contribution in [2.45, 2.75) is 12.5 Å². The van der Waals surface area contributed by atoms with E-state index in [4.69, 9.17) is 22.4 Å². The van der Waals surface area contributed by atoms with Crippen molar-refractivity contribution in [2.24, 2.45) is 5.73 Å². The van der Waals surface area contributed by atoms with Crippen molar-refractivity contribution in [3.63, 3.8) is 0 Å². The standard InChI is InChI=1S/C9H10ClNO3/c10-6-2-1-5(3-8(6)12)7(11)4-9(13)14/h1-3,7,12H,4,11H2,(H,13,14). The van der Waals surface area contributed by atoms with E-state index in [1.807, 2.05) is 0 Å². The number of rotatable bonds is 3. The van der Waals surface area contributed by atoms with Gasteiger partial charge >= 0.3 is 5.97 Å². The van der Waals surface area contributed by atoms with Crippen molar-refractivity contribution in [3.8, 4) is 5.75 Å². The van der Waals surface area contributed by atoms with Gasteiger partial charge in [0, 0.05) is 6.04 Å². The molecule has 0 aliphatic carbocycles. The monoisotopic (exact) mass is 215 g/mol. The van der Waals surface area contributed by atoms with Gasteiger partial charge in [-0.25, -0.2) is 0 Å². The molecule has 76 valence electrons. The molecule has 0 heterocycles. The number of carboxylic acids is 1. The summed E-state index contributed by atoms with van der Waals surface area (Å²) in [5, 5.41) is 18.0. The van der Waals surface area contributed by atoms with Crippen LogP contribution in [-0.4, -0.2) is 16.2 Å². The average molecular weight is 216 g/mol. The number of aliphatic carboxylic acids is 1. The van der Waals surface area contributed by atoms with Crippen LogP contribution in [0.15, 0.2) is 18.2 Å². The third-order valence-corrected chi connectivity index (χ3v) is 2.11. The van der Waals surface area contributed by atoms with E-state index in [1.54, 1.807) is 6.07 Å². The summed E-state index contributed by atoms with van der Waals surface area (Å²) < 4.78 is 0. The minimum absolute atomic E-state index is 0.0926. The van der Waals surface area contributed by atoms with Crippen LogP contribution in [0, 0.1) is 0 Å². The van der Waals surface area contributed by atoms with Crippen molar-refractivity contribution in [3.05, 3.63) is 28.8 Å². The first-order valence-electron chi connectivity index (χ1n) is 3.96. The Bertz CT molecular complexity index is 354. The predicted molar refractivity (Wildman–Crippen MR) is 52.3 cm³/mol. The van der Waals surface area contributed by atoms with Gasteiger partial charge in [0.2, 0.25) is 0 Å². The molecule has 1 rings (SSSR count). The topological polar surface area (TPSA) is 83.6 Å². The first-order valence-corrected chi connectivity index (χ1v) is 4.34. The highest BCUT2D eigenvalue weighted by Crippen LogP contribution is 2.26. The van der Waals surface area contributed by atoms with Gasteiger partial charge in [-0.2, -0.15) is 0 Å². The van der Waals surface area contributed by atoms with Gasteiger partial charge in [-0.3, -0.25) is 4.79 Å². The number of aromatic hydroxyl groups is 1. The minimum Gasteiger partial charge on any atom is -0.506 e. The lowest BCUT2D eigenvalue weighted by molar-refractivity contribution is -0.137. The zero-order chi connectivity index (χ0) is 10.7. The van der Waals surface area contributed by atoms with E-state index < -0.39 is 12.0 Å². The number of benzene rings is 1. The van der Waals surface area contributed by atoms with E-state index in [2.05, 4.69) is 0 Å². The Kier molecular flexibility index (Phi) is 3.33. The lowest BCUT2D eigenvalue weighted by atomic mass is 10.0. The van der Waals surface area contributed by atoms with Crippen LogP contribution in [0.4, 0.5) is 0 Å². The summed E-state index contributed by atoms with van der Waals surface area (Å²) in [6, 6.07) is 3.81. The number of carboxylic acid groups (broad SMARTS) is 1. The van der Waals surface area contributed by atoms with Gasteiger partial charge < -0.3 is 15.9 Å². The Labute approximate surface area is 85.9 Å². The highest BCUT2D eigenvalue weighted by atomic mass is 35.5. The SMILES string of the molecule is NC(CC(=O)O)c1ccc(Cl)c(O)c1. The molecule has 0 saturated heterocycles. The zero-order valence-corrected chi connectivity index (χ0v) is 8.03. The van der Waals surface area contributed by atoms with Gasteiger partial charge in [0.15, 0.2) is 0 Å². The van der Waals surface area contributed by atoms with Crippen LogP contribution in [0.5, 0.6) is 5.75 Å². The fourth-order valence-electron chi connectivity index (χ4n) is 1.07. The van der Waals surface area contributed by atoms with E-state index in [1.165, 1.54) is 12.1 Å². The highest BCUT2D eigenvalue weighted by molar-refractivity contribution is 6.32. The molecule has 4 nitrogen and oxygen atoms in total. The molecule has 0 aromatic heterocycles. The normalized spacial score (nSPS) is 12.4. The fourth-order valence-corrected chi connectivity index (χ4v) is 1.18. The largest absolute Gasteiger partial charge is 0.506 e. The number of carbonyl (C=O) groups is 1. The van der Waals surface area contributed by atoms with Crippen LogP contribution < -0.4 is 5.73 Å². The molecule has 4 N–H and O–H groups in total. The second-order valence-electron chi connectivity index (χ2n) is 2.92.